The van der Waals surface area contributed by atoms with Gasteiger partial charge in [0.1, 0.15) is 0 Å². The van der Waals surface area contributed by atoms with Crippen molar-refractivity contribution >= 4 is 48.2 Å². The van der Waals surface area contributed by atoms with E-state index in [1.54, 1.807) is 18.2 Å². The highest BCUT2D eigenvalue weighted by Gasteiger charge is 2.44. The first-order valence-corrected chi connectivity index (χ1v) is 13.3. The number of nitrogen functional groups attached to an aromatic ring is 1. The van der Waals surface area contributed by atoms with Crippen LogP contribution in [0.1, 0.15) is 12.8 Å². The van der Waals surface area contributed by atoms with Gasteiger partial charge in [-0.3, -0.25) is 0 Å². The predicted molar refractivity (Wildman–Crippen MR) is 124 cm³/mol. The smallest absolute Gasteiger partial charge is 0.328 e. The maximum absolute atomic E-state index is 13.3. The van der Waals surface area contributed by atoms with Gasteiger partial charge >= 0.3 is 10.4 Å². The molecule has 33 heavy (non-hydrogen) atoms. The van der Waals surface area contributed by atoms with Crippen molar-refractivity contribution in [1.82, 2.24) is 30.3 Å². The van der Waals surface area contributed by atoms with Crippen molar-refractivity contribution in [2.75, 3.05) is 5.73 Å². The summed E-state index contributed by atoms with van der Waals surface area (Å²) in [5.41, 5.74) is 13.3. The van der Waals surface area contributed by atoms with Crippen LogP contribution in [0.15, 0.2) is 40.1 Å². The number of thiol groups is 1. The van der Waals surface area contributed by atoms with E-state index in [-0.39, 0.29) is 33.3 Å². The molecule has 15 heteroatoms. The summed E-state index contributed by atoms with van der Waals surface area (Å²) in [5.74, 6) is -0.0397. The highest BCUT2D eigenvalue weighted by Crippen LogP contribution is 2.42. The summed E-state index contributed by atoms with van der Waals surface area (Å²) in [7, 11) is -3.93. The molecule has 0 spiro atoms. The lowest BCUT2D eigenvalue weighted by Crippen LogP contribution is -2.52. The van der Waals surface area contributed by atoms with Gasteiger partial charge in [-0.2, -0.15) is 9.77 Å². The monoisotopic (exact) mass is 507 g/mol. The first-order valence-electron chi connectivity index (χ1n) is 9.74. The number of nitrogens with two attached hydrogens (primary N) is 2. The molecule has 0 aliphatic heterocycles. The molecular formula is C18H19N8O4S3+. The van der Waals surface area contributed by atoms with Crippen LogP contribution in [0, 0.1) is 0 Å². The van der Waals surface area contributed by atoms with Crippen molar-refractivity contribution in [3.8, 4) is 22.5 Å². The molecule has 2 atom stereocenters. The Morgan fingerprint density at radius 3 is 2.73 bits per heavy atom. The van der Waals surface area contributed by atoms with Crippen molar-refractivity contribution in [3.63, 3.8) is 0 Å². The fourth-order valence-corrected chi connectivity index (χ4v) is 7.33. The molecule has 0 radical (unpaired) electrons. The molecule has 4 aromatic rings. The van der Waals surface area contributed by atoms with E-state index < -0.39 is 21.5 Å². The van der Waals surface area contributed by atoms with E-state index in [1.165, 1.54) is 17.4 Å². The molecule has 0 amide bonds. The maximum Gasteiger partial charge on any atom is 0.328 e. The van der Waals surface area contributed by atoms with E-state index in [9.17, 15) is 17.5 Å². The normalized spacial score (nSPS) is 20.9. The van der Waals surface area contributed by atoms with Crippen LogP contribution in [0.25, 0.3) is 32.7 Å². The third-order valence-electron chi connectivity index (χ3n) is 5.42. The number of benzene rings is 2. The molecule has 0 bridgehead atoms. The van der Waals surface area contributed by atoms with Gasteiger partial charge < -0.3 is 16.0 Å². The summed E-state index contributed by atoms with van der Waals surface area (Å²) in [6.07, 6.45) is 1.03. The number of hydrogen-bond donors (Lipinski definition) is 5. The minimum atomic E-state index is -3.93. The zero-order chi connectivity index (χ0) is 23.3. The van der Waals surface area contributed by atoms with Crippen molar-refractivity contribution in [2.24, 2.45) is 5.73 Å². The van der Waals surface area contributed by atoms with Crippen molar-refractivity contribution in [2.45, 2.75) is 34.7 Å². The Labute approximate surface area is 194 Å². The summed E-state index contributed by atoms with van der Waals surface area (Å²) in [5, 5.41) is 14.1. The van der Waals surface area contributed by atoms with Gasteiger partial charge in [-0.15, -0.1) is 19.1 Å². The Bertz CT molecular complexity index is 1420. The molecule has 172 valence electrons. The fraction of sp³-hybridized carbons (Fsp3) is 0.222. The van der Waals surface area contributed by atoms with Gasteiger partial charge in [-0.05, 0) is 34.4 Å². The quantitative estimate of drug-likeness (QED) is 0.186. The number of aromatic amines is 1. The van der Waals surface area contributed by atoms with E-state index >= 15 is 0 Å². The summed E-state index contributed by atoms with van der Waals surface area (Å²) in [4.78, 5) is 3.72. The van der Waals surface area contributed by atoms with Gasteiger partial charge in [-0.25, -0.2) is 4.98 Å². The standard InChI is InChI=1S/C18H18N8O4S3/c19-8-6-9(7-8)24-33(29,30)13-5-4-10(11-2-1-3-12-15(11)21-18(20)31-12)14(16(13)32(27)28)17-22-25-26-23-17/h1-5,8-9,32H,6-7,19H2,(H4-2,20,21,22,23,24,25,26,27,28,29,30)/p+1. The molecule has 5 rings (SSSR count). The molecule has 2 unspecified atom stereocenters. The van der Waals surface area contributed by atoms with Crippen molar-refractivity contribution in [3.05, 3.63) is 30.3 Å². The lowest BCUT2D eigenvalue weighted by Gasteiger charge is -2.31. The molecule has 7 N–H and O–H groups in total. The predicted octanol–water partition coefficient (Wildman–Crippen LogP) is 1.24. The van der Waals surface area contributed by atoms with Gasteiger partial charge in [0.15, 0.2) is 5.13 Å². The molecule has 12 nitrogen and oxygen atoms in total. The van der Waals surface area contributed by atoms with Crippen molar-refractivity contribution in [1.29, 1.82) is 0 Å². The molecule has 1 fully saturated rings. The van der Waals surface area contributed by atoms with Crippen LogP contribution in [0.2, 0.25) is 0 Å². The van der Waals surface area contributed by atoms with E-state index in [4.69, 9.17) is 11.5 Å². The van der Waals surface area contributed by atoms with E-state index in [0.29, 0.717) is 34.6 Å². The number of hydrogen-bond acceptors (Lipinski definition) is 10. The Morgan fingerprint density at radius 2 is 2.06 bits per heavy atom. The summed E-state index contributed by atoms with van der Waals surface area (Å²) in [6.45, 7) is 0. The minimum absolute atomic E-state index is 0.0397. The number of nitrogens with one attached hydrogen (secondary N) is 2. The molecule has 1 saturated carbocycles. The summed E-state index contributed by atoms with van der Waals surface area (Å²) in [6, 6.07) is 7.91. The van der Waals surface area contributed by atoms with Crippen LogP contribution in [0.3, 0.4) is 0 Å². The Hall–Kier alpha value is -2.66. The largest absolute Gasteiger partial charge is 0.612 e. The summed E-state index contributed by atoms with van der Waals surface area (Å²) < 4.78 is 52.5. The average Bonchev–Trinajstić information content (AvgIpc) is 3.40. The Balaban J connectivity index is 1.76. The molecular weight excluding hydrogens is 488 g/mol. The molecule has 2 heterocycles. The average molecular weight is 508 g/mol. The number of thiazole rings is 1. The van der Waals surface area contributed by atoms with Gasteiger partial charge in [0, 0.05) is 23.2 Å². The second kappa shape index (κ2) is 8.28. The molecule has 1 aliphatic carbocycles. The van der Waals surface area contributed by atoms with E-state index in [2.05, 4.69) is 30.3 Å². The number of fused-ring (bicyclic) bond motifs is 1. The summed E-state index contributed by atoms with van der Waals surface area (Å²) >= 11 is -2.05. The third-order valence-corrected chi connectivity index (χ3v) is 8.84. The van der Waals surface area contributed by atoms with Crippen LogP contribution in [-0.4, -0.2) is 46.8 Å². The van der Waals surface area contributed by atoms with Crippen LogP contribution >= 0.6 is 11.3 Å². The lowest BCUT2D eigenvalue weighted by molar-refractivity contribution is 0.319. The van der Waals surface area contributed by atoms with Crippen LogP contribution in [0.5, 0.6) is 0 Å². The van der Waals surface area contributed by atoms with Gasteiger partial charge in [0.25, 0.3) is 4.90 Å². The molecule has 0 saturated heterocycles. The lowest BCUT2D eigenvalue weighted by atomic mass is 9.89. The SMILES string of the molecule is Nc1nc2c(-c3ccc([S+](=O)(O)NC4CC(N)C4)c([SH+](=O)[O-])c3-c3nn[nH]n3)cccc2s1. The molecule has 2 aromatic carbocycles. The number of para-hydroxylation sites is 1. The van der Waals surface area contributed by atoms with Gasteiger partial charge in [-0.1, -0.05) is 23.5 Å². The zero-order valence-corrected chi connectivity index (χ0v) is 19.4. The third kappa shape index (κ3) is 3.97. The number of aromatic nitrogens is 5. The van der Waals surface area contributed by atoms with Crippen LogP contribution in [0.4, 0.5) is 5.13 Å². The Morgan fingerprint density at radius 1 is 1.27 bits per heavy atom. The van der Waals surface area contributed by atoms with Crippen LogP contribution in [-0.2, 0) is 29.9 Å². The fourth-order valence-electron chi connectivity index (χ4n) is 3.93. The first kappa shape index (κ1) is 22.1. The Kier molecular flexibility index (Phi) is 5.56. The second-order valence-corrected chi connectivity index (χ2v) is 11.4. The molecule has 2 aromatic heterocycles. The second-order valence-electron chi connectivity index (χ2n) is 7.60. The van der Waals surface area contributed by atoms with Gasteiger partial charge in [0.2, 0.25) is 10.7 Å². The minimum Gasteiger partial charge on any atom is -0.612 e. The topological polar surface area (TPSA) is 209 Å². The van der Waals surface area contributed by atoms with Crippen LogP contribution < -0.4 is 16.2 Å². The molecule has 1 aliphatic rings. The number of H-pyrrole nitrogens is 1. The number of rotatable bonds is 6. The van der Waals surface area contributed by atoms with Gasteiger partial charge in [0.05, 0.1) is 32.9 Å². The highest BCUT2D eigenvalue weighted by atomic mass is 32.3. The van der Waals surface area contributed by atoms with Crippen molar-refractivity contribution < 1.29 is 17.5 Å². The maximum atomic E-state index is 13.3. The zero-order valence-electron chi connectivity index (χ0n) is 16.8. The number of tetrazole rings is 1. The van der Waals surface area contributed by atoms with E-state index in [1.807, 2.05) is 6.07 Å². The number of nitrogens with zero attached hydrogens (tertiary/aromatic N) is 4. The number of anilines is 1. The first-order chi connectivity index (χ1) is 15.7. The highest BCUT2D eigenvalue weighted by molar-refractivity contribution is 7.96. The van der Waals surface area contributed by atoms with E-state index in [0.717, 1.165) is 4.70 Å².